The molecule has 0 aromatic heterocycles. The quantitative estimate of drug-likeness (QED) is 0.873. The number of carbonyl (C=O) groups excluding carboxylic acids is 1. The first kappa shape index (κ1) is 13.8. The average molecular weight is 257 g/mol. The summed E-state index contributed by atoms with van der Waals surface area (Å²) in [6.45, 7) is 3.44. The van der Waals surface area contributed by atoms with Crippen LogP contribution in [0.5, 0.6) is 0 Å². The van der Waals surface area contributed by atoms with E-state index < -0.39 is 5.54 Å². The number of hydrogen-bond donors (Lipinski definition) is 2. The predicted molar refractivity (Wildman–Crippen MR) is 69.4 cm³/mol. The first-order valence-corrected chi connectivity index (χ1v) is 5.66. The Bertz CT molecular complexity index is 407. The molecule has 2 N–H and O–H groups in total. The minimum Gasteiger partial charge on any atom is -0.394 e. The van der Waals surface area contributed by atoms with Crippen LogP contribution >= 0.6 is 11.6 Å². The van der Waals surface area contributed by atoms with Crippen molar-refractivity contribution in [1.82, 2.24) is 4.90 Å². The van der Waals surface area contributed by atoms with Crippen molar-refractivity contribution < 1.29 is 9.90 Å². The molecule has 0 fully saturated rings. The topological polar surface area (TPSA) is 52.6 Å². The van der Waals surface area contributed by atoms with Crippen molar-refractivity contribution in [3.8, 4) is 0 Å². The summed E-state index contributed by atoms with van der Waals surface area (Å²) in [5.41, 5.74) is -0.0644. The molecule has 0 radical (unpaired) electrons. The Labute approximate surface area is 106 Å². The van der Waals surface area contributed by atoms with Crippen LogP contribution in [0, 0.1) is 0 Å². The van der Waals surface area contributed by atoms with E-state index in [4.69, 9.17) is 11.6 Å². The number of carbonyl (C=O) groups is 1. The highest BCUT2D eigenvalue weighted by molar-refractivity contribution is 6.33. The van der Waals surface area contributed by atoms with Gasteiger partial charge < -0.3 is 15.3 Å². The van der Waals surface area contributed by atoms with E-state index in [-0.39, 0.29) is 12.6 Å². The highest BCUT2D eigenvalue weighted by atomic mass is 35.5. The first-order chi connectivity index (χ1) is 7.88. The second kappa shape index (κ2) is 5.38. The molecule has 0 spiro atoms. The van der Waals surface area contributed by atoms with Gasteiger partial charge in [0.05, 0.1) is 22.9 Å². The number of nitrogens with zero attached hydrogens (tertiary/aromatic N) is 1. The molecule has 17 heavy (non-hydrogen) atoms. The Balaban J connectivity index is 2.77. The van der Waals surface area contributed by atoms with E-state index in [0.717, 1.165) is 0 Å². The van der Waals surface area contributed by atoms with E-state index in [1.807, 2.05) is 0 Å². The van der Waals surface area contributed by atoms with Gasteiger partial charge in [-0.25, -0.2) is 4.79 Å². The zero-order valence-electron chi connectivity index (χ0n) is 10.2. The molecule has 0 saturated heterocycles. The molecule has 4 nitrogen and oxygen atoms in total. The van der Waals surface area contributed by atoms with Gasteiger partial charge in [0.15, 0.2) is 0 Å². The normalized spacial score (nSPS) is 11.1. The Kier molecular flexibility index (Phi) is 4.37. The van der Waals surface area contributed by atoms with E-state index in [1.54, 1.807) is 45.2 Å². The summed E-state index contributed by atoms with van der Waals surface area (Å²) in [5.74, 6) is 0. The molecule has 1 rings (SSSR count). The van der Waals surface area contributed by atoms with E-state index >= 15 is 0 Å². The van der Waals surface area contributed by atoms with Gasteiger partial charge in [0.2, 0.25) is 0 Å². The summed E-state index contributed by atoms with van der Waals surface area (Å²) in [7, 11) is 1.63. The summed E-state index contributed by atoms with van der Waals surface area (Å²) < 4.78 is 0. The number of halogens is 1. The Morgan fingerprint density at radius 3 is 2.59 bits per heavy atom. The molecule has 0 aliphatic heterocycles. The standard InChI is InChI=1S/C12H17ClN2O2/c1-12(2,8-16)15(3)11(17)14-10-7-5-4-6-9(10)13/h4-7,16H,8H2,1-3H3,(H,14,17). The van der Waals surface area contributed by atoms with Gasteiger partial charge in [0, 0.05) is 7.05 Å². The van der Waals surface area contributed by atoms with E-state index in [0.29, 0.717) is 10.7 Å². The number of nitrogens with one attached hydrogen (secondary N) is 1. The summed E-state index contributed by atoms with van der Waals surface area (Å²) >= 11 is 5.94. The maximum absolute atomic E-state index is 11.9. The summed E-state index contributed by atoms with van der Waals surface area (Å²) in [4.78, 5) is 13.4. The van der Waals surface area contributed by atoms with Crippen molar-refractivity contribution >= 4 is 23.3 Å². The molecule has 0 aliphatic carbocycles. The van der Waals surface area contributed by atoms with Gasteiger partial charge >= 0.3 is 6.03 Å². The maximum atomic E-state index is 11.9. The molecule has 94 valence electrons. The van der Waals surface area contributed by atoms with Crippen LogP contribution in [0.2, 0.25) is 5.02 Å². The monoisotopic (exact) mass is 256 g/mol. The second-order valence-electron chi connectivity index (χ2n) is 4.44. The van der Waals surface area contributed by atoms with E-state index in [2.05, 4.69) is 5.32 Å². The van der Waals surface area contributed by atoms with Crippen LogP contribution < -0.4 is 5.32 Å². The Morgan fingerprint density at radius 2 is 2.06 bits per heavy atom. The van der Waals surface area contributed by atoms with Crippen LogP contribution in [-0.4, -0.2) is 35.2 Å². The molecule has 1 aromatic rings. The lowest BCUT2D eigenvalue weighted by atomic mass is 10.1. The molecule has 0 atom stereocenters. The van der Waals surface area contributed by atoms with Gasteiger partial charge in [0.1, 0.15) is 0 Å². The van der Waals surface area contributed by atoms with Gasteiger partial charge in [-0.05, 0) is 26.0 Å². The number of amides is 2. The Hall–Kier alpha value is -1.26. The highest BCUT2D eigenvalue weighted by Gasteiger charge is 2.26. The van der Waals surface area contributed by atoms with Crippen LogP contribution in [0.15, 0.2) is 24.3 Å². The van der Waals surface area contributed by atoms with Crippen LogP contribution in [-0.2, 0) is 0 Å². The van der Waals surface area contributed by atoms with Crippen LogP contribution in [0.3, 0.4) is 0 Å². The summed E-state index contributed by atoms with van der Waals surface area (Å²) in [5, 5.41) is 12.4. The van der Waals surface area contributed by atoms with Gasteiger partial charge in [-0.3, -0.25) is 0 Å². The van der Waals surface area contributed by atoms with Crippen LogP contribution in [0.1, 0.15) is 13.8 Å². The maximum Gasteiger partial charge on any atom is 0.322 e. The summed E-state index contributed by atoms with van der Waals surface area (Å²) in [6, 6.07) is 6.70. The molecule has 0 bridgehead atoms. The van der Waals surface area contributed by atoms with Crippen molar-refractivity contribution in [1.29, 1.82) is 0 Å². The lowest BCUT2D eigenvalue weighted by molar-refractivity contribution is 0.104. The summed E-state index contributed by atoms with van der Waals surface area (Å²) in [6.07, 6.45) is 0. The van der Waals surface area contributed by atoms with Crippen molar-refractivity contribution in [3.63, 3.8) is 0 Å². The predicted octanol–water partition coefficient (Wildman–Crippen LogP) is 2.57. The number of aliphatic hydroxyl groups is 1. The minimum absolute atomic E-state index is 0.112. The fraction of sp³-hybridized carbons (Fsp3) is 0.417. The largest absolute Gasteiger partial charge is 0.394 e. The van der Waals surface area contributed by atoms with Crippen LogP contribution in [0.4, 0.5) is 10.5 Å². The number of hydrogen-bond acceptors (Lipinski definition) is 2. The third-order valence-corrected chi connectivity index (χ3v) is 3.04. The number of rotatable bonds is 3. The van der Waals surface area contributed by atoms with Crippen molar-refractivity contribution in [2.45, 2.75) is 19.4 Å². The zero-order chi connectivity index (χ0) is 13.1. The van der Waals surface area contributed by atoms with Gasteiger partial charge in [-0.1, -0.05) is 23.7 Å². The number of aliphatic hydroxyl groups excluding tert-OH is 1. The van der Waals surface area contributed by atoms with Gasteiger partial charge in [-0.15, -0.1) is 0 Å². The minimum atomic E-state index is -0.620. The Morgan fingerprint density at radius 1 is 1.47 bits per heavy atom. The lowest BCUT2D eigenvalue weighted by Crippen LogP contribution is -2.49. The number of likely N-dealkylation sites (N-methyl/N-ethyl adjacent to an activating group) is 1. The molecule has 1 aromatic carbocycles. The van der Waals surface area contributed by atoms with Crippen molar-refractivity contribution in [2.24, 2.45) is 0 Å². The van der Waals surface area contributed by atoms with E-state index in [1.165, 1.54) is 4.90 Å². The van der Waals surface area contributed by atoms with Gasteiger partial charge in [0.25, 0.3) is 0 Å². The smallest absolute Gasteiger partial charge is 0.322 e. The third kappa shape index (κ3) is 3.35. The number of benzene rings is 1. The van der Waals surface area contributed by atoms with E-state index in [9.17, 15) is 9.90 Å². The second-order valence-corrected chi connectivity index (χ2v) is 4.85. The highest BCUT2D eigenvalue weighted by Crippen LogP contribution is 2.21. The molecule has 0 heterocycles. The third-order valence-electron chi connectivity index (χ3n) is 2.72. The number of urea groups is 1. The molecule has 0 unspecified atom stereocenters. The lowest BCUT2D eigenvalue weighted by Gasteiger charge is -2.33. The number of para-hydroxylation sites is 1. The molecular formula is C12H17ClN2O2. The fourth-order valence-corrected chi connectivity index (χ4v) is 1.33. The average Bonchev–Trinajstić information content (AvgIpc) is 2.31. The van der Waals surface area contributed by atoms with Crippen molar-refractivity contribution in [2.75, 3.05) is 19.0 Å². The zero-order valence-corrected chi connectivity index (χ0v) is 11.0. The molecule has 5 heteroatoms. The first-order valence-electron chi connectivity index (χ1n) is 5.28. The fourth-order valence-electron chi connectivity index (χ4n) is 1.14. The molecule has 0 saturated carbocycles. The molecular weight excluding hydrogens is 240 g/mol. The molecule has 2 amide bonds. The number of anilines is 1. The van der Waals surface area contributed by atoms with Crippen LogP contribution in [0.25, 0.3) is 0 Å². The van der Waals surface area contributed by atoms with Gasteiger partial charge in [-0.2, -0.15) is 0 Å². The van der Waals surface area contributed by atoms with Crippen molar-refractivity contribution in [3.05, 3.63) is 29.3 Å². The molecule has 0 aliphatic rings. The SMILES string of the molecule is CN(C(=O)Nc1ccccc1Cl)C(C)(C)CO.